The molecule has 0 aliphatic carbocycles. The average Bonchev–Trinajstić information content (AvgIpc) is 2.33. The predicted molar refractivity (Wildman–Crippen MR) is 82.7 cm³/mol. The molecule has 0 radical (unpaired) electrons. The maximum absolute atomic E-state index is 6.35. The number of hydrogen-bond donors (Lipinski definition) is 1. The zero-order valence-corrected chi connectivity index (χ0v) is 12.5. The van der Waals surface area contributed by atoms with E-state index in [1.807, 2.05) is 18.2 Å². The molecule has 0 spiro atoms. The van der Waals surface area contributed by atoms with Gasteiger partial charge in [0, 0.05) is 11.1 Å². The van der Waals surface area contributed by atoms with E-state index in [2.05, 4.69) is 39.0 Å². The zero-order chi connectivity index (χ0) is 14.0. The van der Waals surface area contributed by atoms with Crippen molar-refractivity contribution in [3.8, 4) is 0 Å². The van der Waals surface area contributed by atoms with Gasteiger partial charge in [0.2, 0.25) is 0 Å². The third-order valence-electron chi connectivity index (χ3n) is 3.63. The quantitative estimate of drug-likeness (QED) is 0.875. The molecule has 0 aliphatic heterocycles. The highest BCUT2D eigenvalue weighted by atomic mass is 35.5. The highest BCUT2D eigenvalue weighted by molar-refractivity contribution is 6.30. The first-order valence-corrected chi connectivity index (χ1v) is 6.93. The van der Waals surface area contributed by atoms with Gasteiger partial charge < -0.3 is 5.73 Å². The Morgan fingerprint density at radius 2 is 1.68 bits per heavy atom. The lowest BCUT2D eigenvalue weighted by atomic mass is 9.93. The summed E-state index contributed by atoms with van der Waals surface area (Å²) < 4.78 is 0. The molecule has 0 aliphatic rings. The van der Waals surface area contributed by atoms with Crippen LogP contribution >= 0.6 is 11.6 Å². The number of hydrogen-bond acceptors (Lipinski definition) is 1. The van der Waals surface area contributed by atoms with Gasteiger partial charge >= 0.3 is 0 Å². The first-order chi connectivity index (χ1) is 8.97. The SMILES string of the molecule is Cc1cc(C)c(C(N)Cc2cccc(Cl)c2)cc1C. The molecule has 2 N–H and O–H groups in total. The van der Waals surface area contributed by atoms with E-state index in [0.717, 1.165) is 11.4 Å². The van der Waals surface area contributed by atoms with Gasteiger partial charge in [0.1, 0.15) is 0 Å². The highest BCUT2D eigenvalue weighted by Gasteiger charge is 2.11. The summed E-state index contributed by atoms with van der Waals surface area (Å²) in [5, 5.41) is 0.765. The maximum Gasteiger partial charge on any atom is 0.0408 e. The molecule has 0 aromatic heterocycles. The summed E-state index contributed by atoms with van der Waals surface area (Å²) in [5.41, 5.74) is 12.6. The molecule has 1 atom stereocenters. The van der Waals surface area contributed by atoms with Crippen molar-refractivity contribution >= 4 is 11.6 Å². The van der Waals surface area contributed by atoms with Crippen LogP contribution in [-0.2, 0) is 6.42 Å². The van der Waals surface area contributed by atoms with E-state index in [0.29, 0.717) is 0 Å². The lowest BCUT2D eigenvalue weighted by Crippen LogP contribution is -2.15. The van der Waals surface area contributed by atoms with Crippen LogP contribution in [0.1, 0.15) is 33.9 Å². The molecule has 0 heterocycles. The summed E-state index contributed by atoms with van der Waals surface area (Å²) >= 11 is 6.01. The van der Waals surface area contributed by atoms with E-state index in [-0.39, 0.29) is 6.04 Å². The van der Waals surface area contributed by atoms with E-state index in [9.17, 15) is 0 Å². The van der Waals surface area contributed by atoms with Crippen LogP contribution in [0.25, 0.3) is 0 Å². The van der Waals surface area contributed by atoms with Crippen LogP contribution in [0.15, 0.2) is 36.4 Å². The van der Waals surface area contributed by atoms with Crippen molar-refractivity contribution in [2.45, 2.75) is 33.2 Å². The second-order valence-electron chi connectivity index (χ2n) is 5.23. The van der Waals surface area contributed by atoms with Crippen LogP contribution in [0.5, 0.6) is 0 Å². The number of nitrogens with two attached hydrogens (primary N) is 1. The van der Waals surface area contributed by atoms with Crippen LogP contribution in [0.3, 0.4) is 0 Å². The van der Waals surface area contributed by atoms with Gasteiger partial charge in [0.05, 0.1) is 0 Å². The number of halogens is 1. The second kappa shape index (κ2) is 5.77. The van der Waals surface area contributed by atoms with Gasteiger partial charge in [-0.2, -0.15) is 0 Å². The molecule has 2 aromatic carbocycles. The summed E-state index contributed by atoms with van der Waals surface area (Å²) in [5.74, 6) is 0. The lowest BCUT2D eigenvalue weighted by molar-refractivity contribution is 0.715. The topological polar surface area (TPSA) is 26.0 Å². The molecule has 1 nitrogen and oxygen atoms in total. The third kappa shape index (κ3) is 3.37. The van der Waals surface area contributed by atoms with E-state index in [1.165, 1.54) is 27.8 Å². The van der Waals surface area contributed by atoms with Crippen molar-refractivity contribution < 1.29 is 0 Å². The Hall–Kier alpha value is -1.31. The summed E-state index contributed by atoms with van der Waals surface area (Å²) in [6.07, 6.45) is 0.809. The Morgan fingerprint density at radius 1 is 1.00 bits per heavy atom. The molecule has 19 heavy (non-hydrogen) atoms. The summed E-state index contributed by atoms with van der Waals surface area (Å²) in [6, 6.07) is 12.3. The Labute approximate surface area is 120 Å². The monoisotopic (exact) mass is 273 g/mol. The molecule has 0 fully saturated rings. The first-order valence-electron chi connectivity index (χ1n) is 6.55. The van der Waals surface area contributed by atoms with Crippen LogP contribution in [0.4, 0.5) is 0 Å². The normalized spacial score (nSPS) is 12.5. The highest BCUT2D eigenvalue weighted by Crippen LogP contribution is 2.24. The standard InChI is InChI=1S/C17H20ClN/c1-11-7-13(3)16(8-12(11)2)17(19)10-14-5-4-6-15(18)9-14/h4-9,17H,10,19H2,1-3H3. The third-order valence-corrected chi connectivity index (χ3v) is 3.86. The predicted octanol–water partition coefficient (Wildman–Crippen LogP) is 4.51. The smallest absolute Gasteiger partial charge is 0.0408 e. The number of benzene rings is 2. The molecule has 2 heteroatoms. The minimum absolute atomic E-state index is 0.0118. The van der Waals surface area contributed by atoms with Crippen molar-refractivity contribution in [2.75, 3.05) is 0 Å². The van der Waals surface area contributed by atoms with Gasteiger partial charge in [-0.05, 0) is 67.1 Å². The van der Waals surface area contributed by atoms with Crippen LogP contribution < -0.4 is 5.73 Å². The van der Waals surface area contributed by atoms with Crippen molar-refractivity contribution in [3.05, 3.63) is 69.2 Å². The fourth-order valence-corrected chi connectivity index (χ4v) is 2.62. The van der Waals surface area contributed by atoms with E-state index < -0.39 is 0 Å². The number of rotatable bonds is 3. The zero-order valence-electron chi connectivity index (χ0n) is 11.7. The van der Waals surface area contributed by atoms with E-state index >= 15 is 0 Å². The Bertz CT molecular complexity index is 590. The minimum atomic E-state index is 0.0118. The Morgan fingerprint density at radius 3 is 2.37 bits per heavy atom. The van der Waals surface area contributed by atoms with Crippen LogP contribution in [0.2, 0.25) is 5.02 Å². The van der Waals surface area contributed by atoms with E-state index in [4.69, 9.17) is 17.3 Å². The summed E-state index contributed by atoms with van der Waals surface area (Å²) in [7, 11) is 0. The van der Waals surface area contributed by atoms with Gasteiger partial charge in [0.15, 0.2) is 0 Å². The largest absolute Gasteiger partial charge is 0.324 e. The van der Waals surface area contributed by atoms with Crippen molar-refractivity contribution in [1.29, 1.82) is 0 Å². The molecule has 100 valence electrons. The summed E-state index contributed by atoms with van der Waals surface area (Å²) in [4.78, 5) is 0. The minimum Gasteiger partial charge on any atom is -0.324 e. The average molecular weight is 274 g/mol. The maximum atomic E-state index is 6.35. The van der Waals surface area contributed by atoms with Gasteiger partial charge in [-0.3, -0.25) is 0 Å². The molecule has 1 unspecified atom stereocenters. The van der Waals surface area contributed by atoms with Gasteiger partial charge in [0.25, 0.3) is 0 Å². The molecule has 0 amide bonds. The van der Waals surface area contributed by atoms with Gasteiger partial charge in [-0.25, -0.2) is 0 Å². The second-order valence-corrected chi connectivity index (χ2v) is 5.67. The van der Waals surface area contributed by atoms with Crippen LogP contribution in [-0.4, -0.2) is 0 Å². The molecule has 2 aromatic rings. The van der Waals surface area contributed by atoms with Crippen LogP contribution in [0, 0.1) is 20.8 Å². The molecule has 0 saturated heterocycles. The summed E-state index contributed by atoms with van der Waals surface area (Å²) in [6.45, 7) is 6.39. The molecular weight excluding hydrogens is 254 g/mol. The first kappa shape index (κ1) is 14.1. The van der Waals surface area contributed by atoms with E-state index in [1.54, 1.807) is 0 Å². The Kier molecular flexibility index (Phi) is 4.28. The molecule has 0 bridgehead atoms. The van der Waals surface area contributed by atoms with Crippen molar-refractivity contribution in [2.24, 2.45) is 5.73 Å². The molecular formula is C17H20ClN. The number of aryl methyl sites for hydroxylation is 3. The van der Waals surface area contributed by atoms with Gasteiger partial charge in [-0.15, -0.1) is 0 Å². The Balaban J connectivity index is 2.25. The van der Waals surface area contributed by atoms with Gasteiger partial charge in [-0.1, -0.05) is 35.9 Å². The van der Waals surface area contributed by atoms with Crippen molar-refractivity contribution in [1.82, 2.24) is 0 Å². The molecule has 2 rings (SSSR count). The van der Waals surface area contributed by atoms with Crippen molar-refractivity contribution in [3.63, 3.8) is 0 Å². The lowest BCUT2D eigenvalue weighted by Gasteiger charge is -2.17. The fraction of sp³-hybridized carbons (Fsp3) is 0.294. The fourth-order valence-electron chi connectivity index (χ4n) is 2.41. The molecule has 0 saturated carbocycles.